The number of aliphatic hydroxyl groups excluding tert-OH is 1. The van der Waals surface area contributed by atoms with Crippen molar-refractivity contribution < 1.29 is 28.7 Å². The van der Waals surface area contributed by atoms with Crippen LogP contribution in [0, 0.1) is 0 Å². The van der Waals surface area contributed by atoms with E-state index in [9.17, 15) is 9.59 Å². The van der Waals surface area contributed by atoms with E-state index in [2.05, 4.69) is 25.4 Å². The van der Waals surface area contributed by atoms with Gasteiger partial charge in [0.25, 0.3) is 5.91 Å². The van der Waals surface area contributed by atoms with Crippen LogP contribution in [-0.4, -0.2) is 57.7 Å². The highest BCUT2D eigenvalue weighted by Gasteiger charge is 2.24. The van der Waals surface area contributed by atoms with Crippen LogP contribution in [0.25, 0.3) is 0 Å². The third-order valence-corrected chi connectivity index (χ3v) is 5.49. The van der Waals surface area contributed by atoms with Gasteiger partial charge in [-0.05, 0) is 23.8 Å². The summed E-state index contributed by atoms with van der Waals surface area (Å²) in [6, 6.07) is 11.1. The molecule has 1 amide bonds. The molecule has 11 nitrogen and oxygen atoms in total. The first-order valence-electron chi connectivity index (χ1n) is 11.1. The first-order valence-corrected chi connectivity index (χ1v) is 11.1. The van der Waals surface area contributed by atoms with E-state index in [0.717, 1.165) is 11.3 Å². The van der Waals surface area contributed by atoms with Crippen molar-refractivity contribution in [3.63, 3.8) is 0 Å². The number of nitrogens with zero attached hydrogens (tertiary/aromatic N) is 3. The number of carbonyl (C=O) groups is 2. The zero-order chi connectivity index (χ0) is 25.5. The first kappa shape index (κ1) is 24.6. The Morgan fingerprint density at radius 2 is 1.83 bits per heavy atom. The summed E-state index contributed by atoms with van der Waals surface area (Å²) >= 11 is 0. The molecule has 0 bridgehead atoms. The summed E-state index contributed by atoms with van der Waals surface area (Å²) in [5, 5.41) is 16.0. The van der Waals surface area contributed by atoms with Gasteiger partial charge in [-0.15, -0.1) is 0 Å². The molecule has 0 unspecified atom stereocenters. The Hall–Kier alpha value is -4.51. The smallest absolute Gasteiger partial charge is 0.252 e. The lowest BCUT2D eigenvalue weighted by atomic mass is 10.1. The lowest BCUT2D eigenvalue weighted by Gasteiger charge is -2.15. The maximum atomic E-state index is 13.1. The maximum Gasteiger partial charge on any atom is 0.252 e. The monoisotopic (exact) mass is 491 g/mol. The van der Waals surface area contributed by atoms with Gasteiger partial charge >= 0.3 is 0 Å². The Labute approximate surface area is 206 Å². The number of amides is 1. The summed E-state index contributed by atoms with van der Waals surface area (Å²) in [5.74, 6) is 0.891. The van der Waals surface area contributed by atoms with Crippen molar-refractivity contribution in [1.82, 2.24) is 25.4 Å². The molecule has 3 N–H and O–H groups in total. The first-order chi connectivity index (χ1) is 17.5. The lowest BCUT2D eigenvalue weighted by molar-refractivity contribution is 0.0902. The average molecular weight is 492 g/mol. The number of methoxy groups -OCH3 is 2. The van der Waals surface area contributed by atoms with Gasteiger partial charge in [0.15, 0.2) is 23.1 Å². The summed E-state index contributed by atoms with van der Waals surface area (Å²) in [6.07, 6.45) is 3.91. The molecule has 2 heterocycles. The number of hydrogen-bond acceptors (Lipinski definition) is 9. The van der Waals surface area contributed by atoms with Crippen LogP contribution in [0.5, 0.6) is 11.5 Å². The van der Waals surface area contributed by atoms with Gasteiger partial charge in [0.1, 0.15) is 12.6 Å². The molecule has 0 spiro atoms. The Morgan fingerprint density at radius 1 is 1.08 bits per heavy atom. The average Bonchev–Trinajstić information content (AvgIpc) is 3.60. The standard InChI is InChI=1S/C25H25N5O6/c1-34-21-8-7-17(10-22(21)35-2)24(33)28-19(11-18-12-26-14-27-18)25-29-23(30-36-25)9-15-3-5-16(6-4-15)20(32)13-31/h3-8,10,12,14,19,31H,9,11,13H2,1-2H3,(H,26,27)(H,28,33)/t19-/m0/s1. The molecule has 4 aromatic rings. The quantitative estimate of drug-likeness (QED) is 0.268. The molecular weight excluding hydrogens is 466 g/mol. The van der Waals surface area contributed by atoms with Crippen LogP contribution in [0.15, 0.2) is 59.5 Å². The molecule has 0 aliphatic heterocycles. The Bertz CT molecular complexity index is 1320. The Morgan fingerprint density at radius 3 is 2.50 bits per heavy atom. The van der Waals surface area contributed by atoms with E-state index >= 15 is 0 Å². The molecule has 2 aromatic heterocycles. The molecule has 1 atom stereocenters. The van der Waals surface area contributed by atoms with Crippen molar-refractivity contribution in [3.05, 3.63) is 89.1 Å². The molecule has 186 valence electrons. The second-order valence-corrected chi connectivity index (χ2v) is 7.88. The molecule has 0 aliphatic carbocycles. The van der Waals surface area contributed by atoms with Gasteiger partial charge in [-0.1, -0.05) is 29.4 Å². The largest absolute Gasteiger partial charge is 0.493 e. The van der Waals surface area contributed by atoms with Gasteiger partial charge < -0.3 is 29.4 Å². The normalized spacial score (nSPS) is 11.6. The number of benzene rings is 2. The highest BCUT2D eigenvalue weighted by atomic mass is 16.5. The number of hydrogen-bond donors (Lipinski definition) is 3. The number of ether oxygens (including phenoxy) is 2. The molecule has 36 heavy (non-hydrogen) atoms. The maximum absolute atomic E-state index is 13.1. The third-order valence-electron chi connectivity index (χ3n) is 5.49. The fraction of sp³-hybridized carbons (Fsp3) is 0.240. The summed E-state index contributed by atoms with van der Waals surface area (Å²) < 4.78 is 16.0. The predicted molar refractivity (Wildman–Crippen MR) is 127 cm³/mol. The lowest BCUT2D eigenvalue weighted by Crippen LogP contribution is -2.30. The third kappa shape index (κ3) is 5.76. The molecule has 2 aromatic carbocycles. The predicted octanol–water partition coefficient (Wildman–Crippen LogP) is 2.29. The van der Waals surface area contributed by atoms with Gasteiger partial charge in [0.05, 0.1) is 20.5 Å². The number of H-pyrrole nitrogens is 1. The zero-order valence-corrected chi connectivity index (χ0v) is 19.7. The minimum Gasteiger partial charge on any atom is -0.493 e. The highest BCUT2D eigenvalue weighted by Crippen LogP contribution is 2.28. The minimum atomic E-state index is -0.628. The summed E-state index contributed by atoms with van der Waals surface area (Å²) in [7, 11) is 3.02. The molecule has 0 aliphatic rings. The van der Waals surface area contributed by atoms with E-state index in [4.69, 9.17) is 19.1 Å². The second kappa shape index (κ2) is 11.3. The number of carbonyl (C=O) groups excluding carboxylic acids is 2. The van der Waals surface area contributed by atoms with Crippen molar-refractivity contribution in [2.75, 3.05) is 20.8 Å². The minimum absolute atomic E-state index is 0.237. The van der Waals surface area contributed by atoms with Crippen LogP contribution < -0.4 is 14.8 Å². The van der Waals surface area contributed by atoms with E-state index in [1.165, 1.54) is 14.2 Å². The number of nitrogens with one attached hydrogen (secondary N) is 2. The summed E-state index contributed by atoms with van der Waals surface area (Å²) in [4.78, 5) is 36.2. The zero-order valence-electron chi connectivity index (χ0n) is 19.7. The topological polar surface area (TPSA) is 152 Å². The van der Waals surface area contributed by atoms with Crippen LogP contribution in [0.3, 0.4) is 0 Å². The van der Waals surface area contributed by atoms with E-state index in [1.807, 2.05) is 0 Å². The summed E-state index contributed by atoms with van der Waals surface area (Å²) in [5.41, 5.74) is 2.43. The van der Waals surface area contributed by atoms with Crippen molar-refractivity contribution in [2.24, 2.45) is 0 Å². The molecule has 0 saturated carbocycles. The van der Waals surface area contributed by atoms with Crippen molar-refractivity contribution in [3.8, 4) is 11.5 Å². The molecule has 4 rings (SSSR count). The van der Waals surface area contributed by atoms with E-state index in [0.29, 0.717) is 41.3 Å². The van der Waals surface area contributed by atoms with E-state index < -0.39 is 12.6 Å². The van der Waals surface area contributed by atoms with Gasteiger partial charge in [-0.3, -0.25) is 9.59 Å². The second-order valence-electron chi connectivity index (χ2n) is 7.88. The van der Waals surface area contributed by atoms with Crippen LogP contribution in [0.4, 0.5) is 0 Å². The number of aliphatic hydroxyl groups is 1. The number of rotatable bonds is 11. The number of Topliss-reactive ketones (excluding diaryl/α,β-unsaturated/α-hetero) is 1. The number of aromatic nitrogens is 4. The molecule has 0 fully saturated rings. The Balaban J connectivity index is 1.52. The van der Waals surface area contributed by atoms with Crippen LogP contribution >= 0.6 is 0 Å². The van der Waals surface area contributed by atoms with Crippen molar-refractivity contribution in [2.45, 2.75) is 18.9 Å². The molecule has 0 saturated heterocycles. The molecule has 0 radical (unpaired) electrons. The van der Waals surface area contributed by atoms with Crippen LogP contribution in [0.1, 0.15) is 49.7 Å². The van der Waals surface area contributed by atoms with Crippen molar-refractivity contribution >= 4 is 11.7 Å². The van der Waals surface area contributed by atoms with Crippen LogP contribution in [-0.2, 0) is 12.8 Å². The van der Waals surface area contributed by atoms with Crippen LogP contribution in [0.2, 0.25) is 0 Å². The molecular formula is C25H25N5O6. The number of imidazole rings is 1. The van der Waals surface area contributed by atoms with E-state index in [-0.39, 0.29) is 17.6 Å². The SMILES string of the molecule is COc1ccc(C(=O)N[C@@H](Cc2cnc[nH]2)c2nc(Cc3ccc(C(=O)CO)cc3)no2)cc1OC. The number of aromatic amines is 1. The van der Waals surface area contributed by atoms with E-state index in [1.54, 1.807) is 55.0 Å². The Kier molecular flexibility index (Phi) is 7.71. The number of ketones is 1. The fourth-order valence-corrected chi connectivity index (χ4v) is 3.60. The fourth-order valence-electron chi connectivity index (χ4n) is 3.60. The van der Waals surface area contributed by atoms with Gasteiger partial charge in [-0.2, -0.15) is 4.98 Å². The van der Waals surface area contributed by atoms with Gasteiger partial charge in [-0.25, -0.2) is 4.98 Å². The van der Waals surface area contributed by atoms with Crippen molar-refractivity contribution in [1.29, 1.82) is 0 Å². The summed E-state index contributed by atoms with van der Waals surface area (Å²) in [6.45, 7) is -0.541. The molecule has 11 heteroatoms. The van der Waals surface area contributed by atoms with Gasteiger partial charge in [0.2, 0.25) is 5.89 Å². The highest BCUT2D eigenvalue weighted by molar-refractivity contribution is 5.97. The van der Waals surface area contributed by atoms with Gasteiger partial charge in [0, 0.05) is 35.9 Å².